The highest BCUT2D eigenvalue weighted by Gasteiger charge is 2.45. The second-order valence-corrected chi connectivity index (χ2v) is 5.54. The average molecular weight is 325 g/mol. The molecule has 23 heavy (non-hydrogen) atoms. The van der Waals surface area contributed by atoms with Gasteiger partial charge in [-0.25, -0.2) is 0 Å². The quantitative estimate of drug-likeness (QED) is 0.545. The maximum atomic E-state index is 11.3. The Bertz CT molecular complexity index is 497. The van der Waals surface area contributed by atoms with Crippen molar-refractivity contribution in [3.63, 3.8) is 0 Å². The Morgan fingerprint density at radius 1 is 1.26 bits per heavy atom. The van der Waals surface area contributed by atoms with Crippen LogP contribution in [0.1, 0.15) is 12.5 Å². The summed E-state index contributed by atoms with van der Waals surface area (Å²) in [5.41, 5.74) is 1.08. The molecule has 1 aromatic rings. The second-order valence-electron chi connectivity index (χ2n) is 5.54. The third-order valence-corrected chi connectivity index (χ3v) is 3.77. The highest BCUT2D eigenvalue weighted by Crippen LogP contribution is 2.22. The lowest BCUT2D eigenvalue weighted by Gasteiger charge is -2.42. The Labute approximate surface area is 134 Å². The van der Waals surface area contributed by atoms with E-state index in [4.69, 9.17) is 9.47 Å². The van der Waals surface area contributed by atoms with Crippen LogP contribution in [0.4, 0.5) is 0 Å². The van der Waals surface area contributed by atoms with Gasteiger partial charge >= 0.3 is 0 Å². The smallest absolute Gasteiger partial charge is 0.217 e. The van der Waals surface area contributed by atoms with Gasteiger partial charge < -0.3 is 30.1 Å². The molecule has 128 valence electrons. The second kappa shape index (κ2) is 8.37. The molecule has 5 atom stereocenters. The highest BCUT2D eigenvalue weighted by molar-refractivity contribution is 5.73. The molecule has 1 amide bonds. The zero-order chi connectivity index (χ0) is 16.8. The zero-order valence-corrected chi connectivity index (χ0v) is 13.0. The van der Waals surface area contributed by atoms with Crippen molar-refractivity contribution in [1.82, 2.24) is 5.32 Å². The van der Waals surface area contributed by atoms with Gasteiger partial charge in [-0.2, -0.15) is 0 Å². The Morgan fingerprint density at radius 3 is 2.57 bits per heavy atom. The molecule has 1 fully saturated rings. The fourth-order valence-electron chi connectivity index (χ4n) is 2.55. The van der Waals surface area contributed by atoms with E-state index in [9.17, 15) is 20.1 Å². The van der Waals surface area contributed by atoms with Crippen LogP contribution >= 0.6 is 0 Å². The molecule has 2 rings (SSSR count). The molecule has 7 nitrogen and oxygen atoms in total. The molecular formula is C16H23NO6. The van der Waals surface area contributed by atoms with E-state index in [2.05, 4.69) is 5.32 Å². The maximum Gasteiger partial charge on any atom is 0.217 e. The molecule has 7 heteroatoms. The standard InChI is InChI=1S/C16H23NO6/c1-10(19)17-13-15(21)14(20)12(9-18)23-16(13)22-8-7-11-5-3-2-4-6-11/h2-6,12-16,18,20-21H,7-9H2,1H3,(H,17,19)/t12-,13-,14-,15-,16-/m0/s1. The first-order valence-electron chi connectivity index (χ1n) is 7.58. The van der Waals surface area contributed by atoms with Crippen molar-refractivity contribution in [1.29, 1.82) is 0 Å². The summed E-state index contributed by atoms with van der Waals surface area (Å²) in [5.74, 6) is -0.371. The van der Waals surface area contributed by atoms with Crippen LogP contribution in [-0.4, -0.2) is 65.1 Å². The van der Waals surface area contributed by atoms with Gasteiger partial charge in [-0.05, 0) is 12.0 Å². The van der Waals surface area contributed by atoms with Crippen LogP contribution < -0.4 is 5.32 Å². The highest BCUT2D eigenvalue weighted by atomic mass is 16.7. The first-order chi connectivity index (χ1) is 11.0. The summed E-state index contributed by atoms with van der Waals surface area (Å²) in [7, 11) is 0. The van der Waals surface area contributed by atoms with Gasteiger partial charge in [-0.1, -0.05) is 30.3 Å². The number of carbonyl (C=O) groups excluding carboxylic acids is 1. The molecule has 0 bridgehead atoms. The molecule has 1 aliphatic rings. The molecule has 1 saturated heterocycles. The number of rotatable bonds is 6. The number of carbonyl (C=O) groups is 1. The minimum Gasteiger partial charge on any atom is -0.394 e. The van der Waals surface area contributed by atoms with Crippen molar-refractivity contribution in [3.8, 4) is 0 Å². The summed E-state index contributed by atoms with van der Waals surface area (Å²) >= 11 is 0. The summed E-state index contributed by atoms with van der Waals surface area (Å²) in [6.45, 7) is 1.16. The molecule has 0 saturated carbocycles. The van der Waals surface area contributed by atoms with Crippen LogP contribution in [0.25, 0.3) is 0 Å². The molecule has 1 heterocycles. The van der Waals surface area contributed by atoms with Crippen molar-refractivity contribution in [2.45, 2.75) is 44.0 Å². The summed E-state index contributed by atoms with van der Waals surface area (Å²) in [6, 6.07) is 8.80. The maximum absolute atomic E-state index is 11.3. The van der Waals surface area contributed by atoms with Gasteiger partial charge in [0.1, 0.15) is 24.4 Å². The Balaban J connectivity index is 1.98. The van der Waals surface area contributed by atoms with E-state index in [1.165, 1.54) is 6.92 Å². The number of aliphatic hydroxyl groups is 3. The van der Waals surface area contributed by atoms with Gasteiger partial charge in [0.15, 0.2) is 6.29 Å². The van der Waals surface area contributed by atoms with Crippen molar-refractivity contribution in [3.05, 3.63) is 35.9 Å². The van der Waals surface area contributed by atoms with Gasteiger partial charge in [-0.15, -0.1) is 0 Å². The van der Waals surface area contributed by atoms with Crippen LogP contribution in [0.3, 0.4) is 0 Å². The topological polar surface area (TPSA) is 108 Å². The lowest BCUT2D eigenvalue weighted by molar-refractivity contribution is -0.269. The number of hydrogen-bond donors (Lipinski definition) is 4. The summed E-state index contributed by atoms with van der Waals surface area (Å²) < 4.78 is 11.1. The van der Waals surface area contributed by atoms with Gasteiger partial charge in [0.05, 0.1) is 13.2 Å². The van der Waals surface area contributed by atoms with E-state index in [-0.39, 0.29) is 5.91 Å². The van der Waals surface area contributed by atoms with E-state index in [1.54, 1.807) is 0 Å². The van der Waals surface area contributed by atoms with E-state index >= 15 is 0 Å². The third kappa shape index (κ3) is 4.73. The van der Waals surface area contributed by atoms with Gasteiger partial charge in [-0.3, -0.25) is 4.79 Å². The minimum atomic E-state index is -1.30. The number of amides is 1. The van der Waals surface area contributed by atoms with Crippen molar-refractivity contribution in [2.75, 3.05) is 13.2 Å². The molecule has 4 N–H and O–H groups in total. The van der Waals surface area contributed by atoms with Crippen molar-refractivity contribution < 1.29 is 29.6 Å². The first-order valence-corrected chi connectivity index (χ1v) is 7.58. The normalized spacial score (nSPS) is 30.9. The summed E-state index contributed by atoms with van der Waals surface area (Å²) in [5, 5.41) is 31.8. The lowest BCUT2D eigenvalue weighted by atomic mass is 9.97. The molecule has 1 aromatic carbocycles. The SMILES string of the molecule is CC(=O)N[C@@H]1[C@@H](OCCc2ccccc2)O[C@@H](CO)[C@H](O)[C@H]1O. The molecule has 0 aliphatic carbocycles. The number of benzene rings is 1. The van der Waals surface area contributed by atoms with Crippen molar-refractivity contribution >= 4 is 5.91 Å². The Hall–Kier alpha value is -1.51. The van der Waals surface area contributed by atoms with Crippen molar-refractivity contribution in [2.24, 2.45) is 0 Å². The van der Waals surface area contributed by atoms with E-state index < -0.39 is 37.3 Å². The number of ether oxygens (including phenoxy) is 2. The first kappa shape index (κ1) is 17.8. The van der Waals surface area contributed by atoms with Gasteiger partial charge in [0, 0.05) is 6.92 Å². The van der Waals surface area contributed by atoms with Crippen LogP contribution in [0, 0.1) is 0 Å². The number of nitrogens with one attached hydrogen (secondary N) is 1. The van der Waals surface area contributed by atoms with Crippen LogP contribution in [0.2, 0.25) is 0 Å². The number of aliphatic hydroxyl groups excluding tert-OH is 3. The Morgan fingerprint density at radius 2 is 1.96 bits per heavy atom. The fourth-order valence-corrected chi connectivity index (χ4v) is 2.55. The Kier molecular flexibility index (Phi) is 6.49. The van der Waals surface area contributed by atoms with Crippen LogP contribution in [0.5, 0.6) is 0 Å². The number of hydrogen-bond acceptors (Lipinski definition) is 6. The molecule has 1 aliphatic heterocycles. The molecule has 0 aromatic heterocycles. The summed E-state index contributed by atoms with van der Waals surface area (Å²) in [6.07, 6.45) is -3.86. The van der Waals surface area contributed by atoms with Crippen LogP contribution in [-0.2, 0) is 20.7 Å². The monoisotopic (exact) mass is 325 g/mol. The average Bonchev–Trinajstić information content (AvgIpc) is 2.54. The summed E-state index contributed by atoms with van der Waals surface area (Å²) in [4.78, 5) is 11.3. The molecule has 0 unspecified atom stereocenters. The van der Waals surface area contributed by atoms with E-state index in [0.717, 1.165) is 5.56 Å². The van der Waals surface area contributed by atoms with Crippen LogP contribution in [0.15, 0.2) is 30.3 Å². The lowest BCUT2D eigenvalue weighted by Crippen LogP contribution is -2.64. The van der Waals surface area contributed by atoms with E-state index in [0.29, 0.717) is 13.0 Å². The molecule has 0 radical (unpaired) electrons. The molecule has 0 spiro atoms. The minimum absolute atomic E-state index is 0.311. The zero-order valence-electron chi connectivity index (χ0n) is 13.0. The fraction of sp³-hybridized carbons (Fsp3) is 0.562. The van der Waals surface area contributed by atoms with Gasteiger partial charge in [0.25, 0.3) is 0 Å². The van der Waals surface area contributed by atoms with E-state index in [1.807, 2.05) is 30.3 Å². The largest absolute Gasteiger partial charge is 0.394 e. The molecular weight excluding hydrogens is 302 g/mol. The predicted molar refractivity (Wildman–Crippen MR) is 81.5 cm³/mol. The van der Waals surface area contributed by atoms with Gasteiger partial charge in [0.2, 0.25) is 5.91 Å². The third-order valence-electron chi connectivity index (χ3n) is 3.77. The predicted octanol–water partition coefficient (Wildman–Crippen LogP) is -0.811.